The Bertz CT molecular complexity index is 584. The SMILES string of the molecule is O=C(NCc1ccc(F)cc1)C1CC2CCCC(C1)C21SCCS1. The number of amides is 1. The van der Waals surface area contributed by atoms with Crippen LogP contribution in [0.1, 0.15) is 37.7 Å². The van der Waals surface area contributed by atoms with Crippen molar-refractivity contribution in [1.29, 1.82) is 0 Å². The summed E-state index contributed by atoms with van der Waals surface area (Å²) in [6, 6.07) is 6.38. The fourth-order valence-corrected chi connectivity index (χ4v) is 8.70. The molecule has 1 saturated heterocycles. The van der Waals surface area contributed by atoms with Crippen LogP contribution in [0.2, 0.25) is 0 Å². The van der Waals surface area contributed by atoms with Crippen LogP contribution >= 0.6 is 23.5 Å². The molecule has 3 aliphatic rings. The molecule has 1 N–H and O–H groups in total. The lowest BCUT2D eigenvalue weighted by Crippen LogP contribution is -2.49. The number of benzene rings is 1. The van der Waals surface area contributed by atoms with Crippen molar-refractivity contribution >= 4 is 29.4 Å². The molecular formula is C19H24FNOS2. The van der Waals surface area contributed by atoms with Crippen LogP contribution in [-0.4, -0.2) is 21.5 Å². The molecule has 1 amide bonds. The molecule has 0 aromatic heterocycles. The first-order valence-corrected chi connectivity index (χ1v) is 10.9. The summed E-state index contributed by atoms with van der Waals surface area (Å²) >= 11 is 4.36. The Hall–Kier alpha value is -0.680. The highest BCUT2D eigenvalue weighted by Crippen LogP contribution is 2.64. The average Bonchev–Trinajstić information content (AvgIpc) is 3.03. The molecule has 2 bridgehead atoms. The number of thioether (sulfide) groups is 2. The van der Waals surface area contributed by atoms with Gasteiger partial charge in [0.2, 0.25) is 5.91 Å². The quantitative estimate of drug-likeness (QED) is 0.858. The molecular weight excluding hydrogens is 341 g/mol. The Balaban J connectivity index is 1.38. The second-order valence-corrected chi connectivity index (χ2v) is 10.3. The average molecular weight is 366 g/mol. The zero-order valence-electron chi connectivity index (χ0n) is 13.8. The third-order valence-corrected chi connectivity index (χ3v) is 9.89. The predicted octanol–water partition coefficient (Wildman–Crippen LogP) is 4.44. The molecule has 24 heavy (non-hydrogen) atoms. The van der Waals surface area contributed by atoms with Crippen molar-refractivity contribution in [3.8, 4) is 0 Å². The molecule has 3 fully saturated rings. The highest BCUT2D eigenvalue weighted by atomic mass is 32.2. The molecule has 130 valence electrons. The van der Waals surface area contributed by atoms with Crippen LogP contribution in [-0.2, 0) is 11.3 Å². The number of rotatable bonds is 3. The van der Waals surface area contributed by atoms with E-state index in [0.29, 0.717) is 22.5 Å². The van der Waals surface area contributed by atoms with Gasteiger partial charge in [-0.2, -0.15) is 0 Å². The molecule has 1 aromatic carbocycles. The Morgan fingerprint density at radius 3 is 2.38 bits per heavy atom. The summed E-state index contributed by atoms with van der Waals surface area (Å²) in [5, 5.41) is 3.08. The Kier molecular flexibility index (Phi) is 4.83. The van der Waals surface area contributed by atoms with Crippen LogP contribution in [0.4, 0.5) is 4.39 Å². The first kappa shape index (κ1) is 16.8. The van der Waals surface area contributed by atoms with Crippen molar-refractivity contribution < 1.29 is 9.18 Å². The van der Waals surface area contributed by atoms with E-state index in [-0.39, 0.29) is 17.6 Å². The third-order valence-electron chi connectivity index (χ3n) is 5.87. The van der Waals surface area contributed by atoms with Crippen molar-refractivity contribution in [3.05, 3.63) is 35.6 Å². The lowest BCUT2D eigenvalue weighted by atomic mass is 9.67. The van der Waals surface area contributed by atoms with Crippen LogP contribution < -0.4 is 5.32 Å². The topological polar surface area (TPSA) is 29.1 Å². The maximum Gasteiger partial charge on any atom is 0.223 e. The van der Waals surface area contributed by atoms with Crippen LogP contribution in [0.5, 0.6) is 0 Å². The number of halogens is 1. The van der Waals surface area contributed by atoms with E-state index in [4.69, 9.17) is 0 Å². The normalized spacial score (nSPS) is 31.1. The zero-order valence-corrected chi connectivity index (χ0v) is 15.4. The summed E-state index contributed by atoms with van der Waals surface area (Å²) < 4.78 is 13.4. The molecule has 1 heterocycles. The molecule has 1 aliphatic heterocycles. The van der Waals surface area contributed by atoms with Crippen LogP contribution in [0.15, 0.2) is 24.3 Å². The van der Waals surface area contributed by atoms with E-state index >= 15 is 0 Å². The summed E-state index contributed by atoms with van der Waals surface area (Å²) in [5.41, 5.74) is 0.958. The van der Waals surface area contributed by atoms with Crippen molar-refractivity contribution in [2.24, 2.45) is 17.8 Å². The van der Waals surface area contributed by atoms with Gasteiger partial charge >= 0.3 is 0 Å². The summed E-state index contributed by atoms with van der Waals surface area (Å²) in [7, 11) is 0. The molecule has 2 atom stereocenters. The summed E-state index contributed by atoms with van der Waals surface area (Å²) in [6.45, 7) is 0.500. The number of nitrogens with one attached hydrogen (secondary N) is 1. The Labute approximate surface area is 151 Å². The summed E-state index contributed by atoms with van der Waals surface area (Å²) in [4.78, 5) is 12.7. The van der Waals surface area contributed by atoms with Gasteiger partial charge in [-0.15, -0.1) is 23.5 Å². The van der Waals surface area contributed by atoms with E-state index in [1.54, 1.807) is 12.1 Å². The van der Waals surface area contributed by atoms with Crippen molar-refractivity contribution in [2.45, 2.75) is 42.7 Å². The predicted molar refractivity (Wildman–Crippen MR) is 99.4 cm³/mol. The lowest BCUT2D eigenvalue weighted by Gasteiger charge is -2.52. The van der Waals surface area contributed by atoms with E-state index in [0.717, 1.165) is 18.4 Å². The van der Waals surface area contributed by atoms with Gasteiger partial charge in [-0.1, -0.05) is 18.6 Å². The van der Waals surface area contributed by atoms with Gasteiger partial charge < -0.3 is 5.32 Å². The maximum absolute atomic E-state index is 13.0. The van der Waals surface area contributed by atoms with E-state index in [1.165, 1.54) is 42.9 Å². The number of hydrogen-bond acceptors (Lipinski definition) is 3. The van der Waals surface area contributed by atoms with Crippen molar-refractivity contribution in [2.75, 3.05) is 11.5 Å². The number of carbonyl (C=O) groups is 1. The minimum Gasteiger partial charge on any atom is -0.352 e. The van der Waals surface area contributed by atoms with E-state index in [9.17, 15) is 9.18 Å². The number of hydrogen-bond donors (Lipinski definition) is 1. The first-order valence-electron chi connectivity index (χ1n) is 8.97. The standard InChI is InChI=1S/C19H24FNOS2/c20-17-6-4-13(5-7-17)12-21-18(22)14-10-15-2-1-3-16(11-14)19(15)23-8-9-24-19/h4-7,14-16H,1-3,8-12H2,(H,21,22). The molecule has 2 unspecified atom stereocenters. The molecule has 1 spiro atoms. The molecule has 2 saturated carbocycles. The molecule has 0 radical (unpaired) electrons. The monoisotopic (exact) mass is 365 g/mol. The smallest absolute Gasteiger partial charge is 0.223 e. The van der Waals surface area contributed by atoms with Gasteiger partial charge in [-0.25, -0.2) is 4.39 Å². The summed E-state index contributed by atoms with van der Waals surface area (Å²) in [6.07, 6.45) is 6.01. The molecule has 5 heteroatoms. The van der Waals surface area contributed by atoms with Gasteiger partial charge in [0, 0.05) is 24.0 Å². The Morgan fingerprint density at radius 2 is 1.75 bits per heavy atom. The number of carbonyl (C=O) groups excluding carboxylic acids is 1. The van der Waals surface area contributed by atoms with Crippen LogP contribution in [0, 0.1) is 23.6 Å². The van der Waals surface area contributed by atoms with Gasteiger partial charge in [-0.3, -0.25) is 4.79 Å². The fourth-order valence-electron chi connectivity index (χ4n) is 4.76. The largest absolute Gasteiger partial charge is 0.352 e. The third kappa shape index (κ3) is 3.10. The second-order valence-electron chi connectivity index (χ2n) is 7.26. The highest BCUT2D eigenvalue weighted by Gasteiger charge is 2.55. The molecule has 1 aromatic rings. The molecule has 2 aliphatic carbocycles. The maximum atomic E-state index is 13.0. The van der Waals surface area contributed by atoms with E-state index in [2.05, 4.69) is 28.8 Å². The van der Waals surface area contributed by atoms with Crippen molar-refractivity contribution in [1.82, 2.24) is 5.32 Å². The van der Waals surface area contributed by atoms with E-state index < -0.39 is 0 Å². The van der Waals surface area contributed by atoms with Gasteiger partial charge in [0.05, 0.1) is 4.08 Å². The van der Waals surface area contributed by atoms with Gasteiger partial charge in [0.15, 0.2) is 0 Å². The minimum absolute atomic E-state index is 0.160. The fraction of sp³-hybridized carbons (Fsp3) is 0.632. The van der Waals surface area contributed by atoms with Crippen LogP contribution in [0.3, 0.4) is 0 Å². The highest BCUT2D eigenvalue weighted by molar-refractivity contribution is 8.21. The zero-order chi connectivity index (χ0) is 16.6. The molecule has 2 nitrogen and oxygen atoms in total. The van der Waals surface area contributed by atoms with Gasteiger partial charge in [0.1, 0.15) is 5.82 Å². The minimum atomic E-state index is -0.234. The van der Waals surface area contributed by atoms with Gasteiger partial charge in [-0.05, 0) is 55.2 Å². The van der Waals surface area contributed by atoms with E-state index in [1.807, 2.05) is 0 Å². The summed E-state index contributed by atoms with van der Waals surface area (Å²) in [5.74, 6) is 4.07. The van der Waals surface area contributed by atoms with Crippen molar-refractivity contribution in [3.63, 3.8) is 0 Å². The second kappa shape index (κ2) is 6.91. The van der Waals surface area contributed by atoms with Crippen LogP contribution in [0.25, 0.3) is 0 Å². The Morgan fingerprint density at radius 1 is 1.12 bits per heavy atom. The first-order chi connectivity index (χ1) is 11.7. The lowest BCUT2D eigenvalue weighted by molar-refractivity contribution is -0.127. The van der Waals surface area contributed by atoms with Gasteiger partial charge in [0.25, 0.3) is 0 Å². The molecule has 4 rings (SSSR count).